The number of aliphatic hydroxyl groups is 1. The van der Waals surface area contributed by atoms with Crippen molar-refractivity contribution in [2.45, 2.75) is 283 Å². The molecule has 0 fully saturated rings. The van der Waals surface area contributed by atoms with Gasteiger partial charge in [-0.15, -0.1) is 0 Å². The van der Waals surface area contributed by atoms with Crippen LogP contribution in [0.25, 0.3) is 0 Å². The van der Waals surface area contributed by atoms with E-state index in [1.807, 2.05) is 33.3 Å². The van der Waals surface area contributed by atoms with Gasteiger partial charge in [-0.25, -0.2) is 4.57 Å². The molecule has 3 atom stereocenters. The second-order valence-electron chi connectivity index (χ2n) is 21.0. The number of nitrogens with one attached hydrogen (secondary N) is 1. The van der Waals surface area contributed by atoms with E-state index in [-0.39, 0.29) is 25.5 Å². The second-order valence-corrected chi connectivity index (χ2v) is 22.4. The summed E-state index contributed by atoms with van der Waals surface area (Å²) in [7, 11) is 1.57. The minimum atomic E-state index is -4.34. The maximum atomic E-state index is 12.9. The summed E-state index contributed by atoms with van der Waals surface area (Å²) in [5.74, 6) is -0.222. The number of phosphoric ester groups is 1. The second kappa shape index (κ2) is 50.4. The topological polar surface area (TPSA) is 105 Å². The Bertz CT molecular complexity index is 1250. The van der Waals surface area contributed by atoms with Gasteiger partial charge in [0.25, 0.3) is 0 Å². The summed E-state index contributed by atoms with van der Waals surface area (Å²) in [5.41, 5.74) is 0. The lowest BCUT2D eigenvalue weighted by atomic mass is 10.0. The highest BCUT2D eigenvalue weighted by Crippen LogP contribution is 2.43. The number of carbonyl (C=O) groups excluding carboxylic acids is 1. The highest BCUT2D eigenvalue weighted by molar-refractivity contribution is 7.47. The lowest BCUT2D eigenvalue weighted by Crippen LogP contribution is -2.46. The standard InChI is InChI=1S/C59H113N2O6P/c1-6-8-10-12-14-16-18-20-21-22-23-24-25-26-27-28-29-30-31-32-33-34-35-36-37-38-39-41-42-44-46-48-50-52-58(62)57(56-67-68(64,65)66-55-54-61(3,4)5)60-59(63)53-51-49-47-45-43-40-19-17-15-13-11-9-7-2/h9,11,15,17,40,43,47,49,57-58,62H,6-8,10,12-14,16,18-39,41-42,44-46,48,50-56H2,1-5H3,(H-,60,63,64,65)/p+1/b11-9-,17-15-,43-40-,49-47-. The van der Waals surface area contributed by atoms with Gasteiger partial charge >= 0.3 is 7.82 Å². The normalized spacial score (nSPS) is 14.3. The molecule has 0 aromatic heterocycles. The molecule has 0 bridgehead atoms. The van der Waals surface area contributed by atoms with Gasteiger partial charge in [-0.05, 0) is 38.5 Å². The number of hydrogen-bond acceptors (Lipinski definition) is 5. The monoisotopic (exact) mass is 978 g/mol. The first-order valence-corrected chi connectivity index (χ1v) is 30.5. The van der Waals surface area contributed by atoms with Crippen LogP contribution in [0.2, 0.25) is 0 Å². The van der Waals surface area contributed by atoms with E-state index in [2.05, 4.69) is 55.6 Å². The lowest BCUT2D eigenvalue weighted by molar-refractivity contribution is -0.870. The van der Waals surface area contributed by atoms with Gasteiger partial charge in [0, 0.05) is 6.42 Å². The third-order valence-corrected chi connectivity index (χ3v) is 14.1. The number of likely N-dealkylation sites (N-methyl/N-ethyl adjacent to an activating group) is 1. The van der Waals surface area contributed by atoms with Crippen LogP contribution in [0.3, 0.4) is 0 Å². The zero-order chi connectivity index (χ0) is 49.9. The Balaban J connectivity index is 4.01. The lowest BCUT2D eigenvalue weighted by Gasteiger charge is -2.26. The van der Waals surface area contributed by atoms with Gasteiger partial charge in [-0.1, -0.05) is 274 Å². The van der Waals surface area contributed by atoms with Crippen molar-refractivity contribution in [3.05, 3.63) is 48.6 Å². The SMILES string of the molecule is CC/C=C\C/C=C\C/C=C\C/C=C\CCC(=O)NC(COP(=O)(O)OCC[N+](C)(C)C)C(O)CCCCCCCCCCCCCCCCCCCCCCCCCCCCCCCCCCC. The molecule has 400 valence electrons. The Morgan fingerprint density at radius 2 is 0.853 bits per heavy atom. The van der Waals surface area contributed by atoms with Gasteiger partial charge in [-0.2, -0.15) is 0 Å². The van der Waals surface area contributed by atoms with Crippen LogP contribution in [0, 0.1) is 0 Å². The zero-order valence-corrected chi connectivity index (χ0v) is 46.5. The summed E-state index contributed by atoms with van der Waals surface area (Å²) in [6.45, 7) is 4.73. The summed E-state index contributed by atoms with van der Waals surface area (Å²) < 4.78 is 23.7. The van der Waals surface area contributed by atoms with Gasteiger partial charge in [-0.3, -0.25) is 13.8 Å². The molecule has 0 aliphatic heterocycles. The molecule has 0 rings (SSSR count). The molecule has 0 aliphatic carbocycles. The Kier molecular flexibility index (Phi) is 49.3. The van der Waals surface area contributed by atoms with Gasteiger partial charge in [0.15, 0.2) is 0 Å². The number of hydrogen-bond donors (Lipinski definition) is 3. The van der Waals surface area contributed by atoms with E-state index in [4.69, 9.17) is 9.05 Å². The Morgan fingerprint density at radius 3 is 1.21 bits per heavy atom. The molecule has 0 saturated heterocycles. The van der Waals surface area contributed by atoms with E-state index >= 15 is 0 Å². The molecule has 9 heteroatoms. The predicted molar refractivity (Wildman–Crippen MR) is 295 cm³/mol. The third kappa shape index (κ3) is 52.3. The number of phosphoric acid groups is 1. The maximum Gasteiger partial charge on any atom is 0.472 e. The molecule has 3 N–H and O–H groups in total. The number of rotatable bonds is 53. The Labute approximate surface area is 422 Å². The first-order valence-electron chi connectivity index (χ1n) is 29.0. The fourth-order valence-corrected chi connectivity index (χ4v) is 9.33. The predicted octanol–water partition coefficient (Wildman–Crippen LogP) is 17.5. The molecule has 0 aromatic carbocycles. The van der Waals surface area contributed by atoms with Gasteiger partial charge < -0.3 is 19.8 Å². The van der Waals surface area contributed by atoms with Crippen LogP contribution >= 0.6 is 7.82 Å². The number of allylic oxidation sites excluding steroid dienone is 8. The van der Waals surface area contributed by atoms with E-state index < -0.39 is 20.0 Å². The molecule has 0 heterocycles. The van der Waals surface area contributed by atoms with Crippen LogP contribution in [-0.4, -0.2) is 73.4 Å². The van der Waals surface area contributed by atoms with Crippen molar-refractivity contribution in [1.29, 1.82) is 0 Å². The van der Waals surface area contributed by atoms with Crippen molar-refractivity contribution < 1.29 is 32.9 Å². The average molecular weight is 979 g/mol. The fraction of sp³-hybridized carbons (Fsp3) is 0.847. The molecule has 8 nitrogen and oxygen atoms in total. The number of aliphatic hydroxyl groups excluding tert-OH is 1. The summed E-state index contributed by atoms with van der Waals surface area (Å²) in [6, 6.07) is -0.800. The van der Waals surface area contributed by atoms with Crippen molar-refractivity contribution in [2.75, 3.05) is 40.9 Å². The van der Waals surface area contributed by atoms with Gasteiger partial charge in [0.05, 0.1) is 39.9 Å². The first-order chi connectivity index (χ1) is 33.0. The molecule has 0 spiro atoms. The number of carbonyl (C=O) groups is 1. The van der Waals surface area contributed by atoms with E-state index in [1.165, 1.54) is 193 Å². The van der Waals surface area contributed by atoms with Gasteiger partial charge in [0.1, 0.15) is 13.2 Å². The highest BCUT2D eigenvalue weighted by atomic mass is 31.2. The molecule has 0 aromatic rings. The number of amides is 1. The number of quaternary nitrogens is 1. The van der Waals surface area contributed by atoms with Crippen molar-refractivity contribution in [3.63, 3.8) is 0 Å². The quantitative estimate of drug-likeness (QED) is 0.0243. The molecule has 3 unspecified atom stereocenters. The number of nitrogens with zero attached hydrogens (tertiary/aromatic N) is 1. The summed E-state index contributed by atoms with van der Waals surface area (Å²) in [5, 5.41) is 14.0. The van der Waals surface area contributed by atoms with Crippen molar-refractivity contribution >= 4 is 13.7 Å². The van der Waals surface area contributed by atoms with E-state index in [0.717, 1.165) is 44.9 Å². The first kappa shape index (κ1) is 66.5. The van der Waals surface area contributed by atoms with Crippen LogP contribution in [0.4, 0.5) is 0 Å². The Morgan fingerprint density at radius 1 is 0.515 bits per heavy atom. The summed E-state index contributed by atoms with van der Waals surface area (Å²) in [6.07, 6.45) is 66.5. The molecule has 0 saturated carbocycles. The molecule has 0 aliphatic rings. The highest BCUT2D eigenvalue weighted by Gasteiger charge is 2.28. The Hall–Kier alpha value is -1.54. The van der Waals surface area contributed by atoms with Crippen LogP contribution in [0.1, 0.15) is 271 Å². The van der Waals surface area contributed by atoms with Crippen LogP contribution in [-0.2, 0) is 18.4 Å². The fourth-order valence-electron chi connectivity index (χ4n) is 8.59. The molecular formula is C59H114N2O6P+. The zero-order valence-electron chi connectivity index (χ0n) is 45.6. The molecule has 1 amide bonds. The van der Waals surface area contributed by atoms with Gasteiger partial charge in [0.2, 0.25) is 5.91 Å². The summed E-state index contributed by atoms with van der Waals surface area (Å²) >= 11 is 0. The minimum absolute atomic E-state index is 0.0610. The van der Waals surface area contributed by atoms with E-state index in [1.54, 1.807) is 0 Å². The molecular weight excluding hydrogens is 864 g/mol. The van der Waals surface area contributed by atoms with Crippen molar-refractivity contribution in [2.24, 2.45) is 0 Å². The van der Waals surface area contributed by atoms with Crippen molar-refractivity contribution in [1.82, 2.24) is 5.32 Å². The van der Waals surface area contributed by atoms with Crippen molar-refractivity contribution in [3.8, 4) is 0 Å². The smallest absolute Gasteiger partial charge is 0.391 e. The largest absolute Gasteiger partial charge is 0.472 e. The van der Waals surface area contributed by atoms with Crippen LogP contribution < -0.4 is 5.32 Å². The minimum Gasteiger partial charge on any atom is -0.391 e. The summed E-state index contributed by atoms with van der Waals surface area (Å²) in [4.78, 5) is 23.2. The average Bonchev–Trinajstić information content (AvgIpc) is 3.30. The van der Waals surface area contributed by atoms with Crippen LogP contribution in [0.15, 0.2) is 48.6 Å². The third-order valence-electron chi connectivity index (χ3n) is 13.1. The van der Waals surface area contributed by atoms with Crippen LogP contribution in [0.5, 0.6) is 0 Å². The molecule has 0 radical (unpaired) electrons. The maximum absolute atomic E-state index is 12.9. The van der Waals surface area contributed by atoms with E-state index in [0.29, 0.717) is 23.9 Å². The molecule has 68 heavy (non-hydrogen) atoms. The number of unbranched alkanes of at least 4 members (excludes halogenated alkanes) is 32. The van der Waals surface area contributed by atoms with E-state index in [9.17, 15) is 19.4 Å².